The lowest BCUT2D eigenvalue weighted by Gasteiger charge is -2.32. The van der Waals surface area contributed by atoms with E-state index in [9.17, 15) is 18.0 Å². The average Bonchev–Trinajstić information content (AvgIpc) is 3.04. The fraction of sp³-hybridized carbons (Fsp3) is 0.235. The lowest BCUT2D eigenvalue weighted by atomic mass is 10.0. The number of amides is 2. The molecule has 0 spiro atoms. The van der Waals surface area contributed by atoms with Crippen LogP contribution in [0.15, 0.2) is 114 Å². The zero-order chi connectivity index (χ0) is 30.7. The SMILES string of the molecule is CCNS(=O)(=O)c1ccc(CCC(=O)N(Cc2ccc(OC)cc2)[C@H](C(=O)NCc2ccccc2)c2ccccc2)cc1. The van der Waals surface area contributed by atoms with Crippen molar-refractivity contribution < 1.29 is 22.7 Å². The topological polar surface area (TPSA) is 105 Å². The van der Waals surface area contributed by atoms with Gasteiger partial charge in [0, 0.05) is 26.1 Å². The van der Waals surface area contributed by atoms with Crippen LogP contribution in [0.4, 0.5) is 0 Å². The summed E-state index contributed by atoms with van der Waals surface area (Å²) in [6.07, 6.45) is 0.511. The Morgan fingerprint density at radius 1 is 0.791 bits per heavy atom. The van der Waals surface area contributed by atoms with Gasteiger partial charge >= 0.3 is 0 Å². The van der Waals surface area contributed by atoms with Gasteiger partial charge in [0.15, 0.2) is 0 Å². The van der Waals surface area contributed by atoms with Gasteiger partial charge in [0.1, 0.15) is 11.8 Å². The van der Waals surface area contributed by atoms with Gasteiger partial charge in [0.05, 0.1) is 12.0 Å². The quantitative estimate of drug-likeness (QED) is 0.212. The third-order valence-corrected chi connectivity index (χ3v) is 8.57. The highest BCUT2D eigenvalue weighted by Gasteiger charge is 2.31. The summed E-state index contributed by atoms with van der Waals surface area (Å²) in [5.41, 5.74) is 3.32. The predicted octanol–water partition coefficient (Wildman–Crippen LogP) is 5.01. The molecule has 0 saturated carbocycles. The van der Waals surface area contributed by atoms with Crippen molar-refractivity contribution in [3.05, 3.63) is 131 Å². The number of carbonyl (C=O) groups is 2. The molecule has 2 amide bonds. The molecule has 0 aliphatic carbocycles. The molecule has 0 heterocycles. The Labute approximate surface area is 253 Å². The molecule has 0 aliphatic rings. The lowest BCUT2D eigenvalue weighted by Crippen LogP contribution is -2.43. The summed E-state index contributed by atoms with van der Waals surface area (Å²) < 4.78 is 32.4. The van der Waals surface area contributed by atoms with E-state index in [2.05, 4.69) is 10.0 Å². The van der Waals surface area contributed by atoms with Crippen molar-refractivity contribution in [3.63, 3.8) is 0 Å². The fourth-order valence-electron chi connectivity index (χ4n) is 4.74. The van der Waals surface area contributed by atoms with E-state index in [-0.39, 0.29) is 29.7 Å². The van der Waals surface area contributed by atoms with Crippen LogP contribution in [0.5, 0.6) is 5.75 Å². The van der Waals surface area contributed by atoms with Crippen molar-refractivity contribution in [1.29, 1.82) is 0 Å². The summed E-state index contributed by atoms with van der Waals surface area (Å²) in [5.74, 6) is 0.209. The van der Waals surface area contributed by atoms with Gasteiger partial charge in [0.25, 0.3) is 0 Å². The number of benzene rings is 4. The van der Waals surface area contributed by atoms with Crippen LogP contribution in [0.3, 0.4) is 0 Å². The molecule has 0 aromatic heterocycles. The average molecular weight is 600 g/mol. The highest BCUT2D eigenvalue weighted by Crippen LogP contribution is 2.26. The molecule has 8 nitrogen and oxygen atoms in total. The van der Waals surface area contributed by atoms with Crippen molar-refractivity contribution in [2.75, 3.05) is 13.7 Å². The Bertz CT molecular complexity index is 1580. The number of carbonyl (C=O) groups excluding carboxylic acids is 2. The number of hydrogen-bond donors (Lipinski definition) is 2. The van der Waals surface area contributed by atoms with Gasteiger partial charge in [-0.05, 0) is 52.9 Å². The number of methoxy groups -OCH3 is 1. The van der Waals surface area contributed by atoms with Gasteiger partial charge in [-0.3, -0.25) is 9.59 Å². The van der Waals surface area contributed by atoms with Crippen molar-refractivity contribution in [3.8, 4) is 5.75 Å². The van der Waals surface area contributed by atoms with Crippen molar-refractivity contribution in [2.24, 2.45) is 0 Å². The predicted molar refractivity (Wildman–Crippen MR) is 167 cm³/mol. The first-order chi connectivity index (χ1) is 20.8. The Balaban J connectivity index is 1.60. The van der Waals surface area contributed by atoms with E-state index in [1.54, 1.807) is 31.1 Å². The summed E-state index contributed by atoms with van der Waals surface area (Å²) in [6.45, 7) is 2.56. The van der Waals surface area contributed by atoms with E-state index in [0.29, 0.717) is 30.8 Å². The van der Waals surface area contributed by atoms with E-state index in [1.165, 1.54) is 12.1 Å². The van der Waals surface area contributed by atoms with Crippen molar-refractivity contribution in [1.82, 2.24) is 14.9 Å². The van der Waals surface area contributed by atoms with Gasteiger partial charge in [-0.1, -0.05) is 91.9 Å². The first kappa shape index (κ1) is 31.5. The molecule has 0 aliphatic heterocycles. The maximum atomic E-state index is 14.0. The second-order valence-corrected chi connectivity index (χ2v) is 11.8. The zero-order valence-electron chi connectivity index (χ0n) is 24.4. The monoisotopic (exact) mass is 599 g/mol. The first-order valence-corrected chi connectivity index (χ1v) is 15.7. The molecule has 4 aromatic carbocycles. The summed E-state index contributed by atoms with van der Waals surface area (Å²) in [4.78, 5) is 29.6. The largest absolute Gasteiger partial charge is 0.497 e. The minimum Gasteiger partial charge on any atom is -0.497 e. The van der Waals surface area contributed by atoms with Crippen LogP contribution in [-0.2, 0) is 39.1 Å². The van der Waals surface area contributed by atoms with E-state index in [4.69, 9.17) is 4.74 Å². The molecule has 2 N–H and O–H groups in total. The highest BCUT2D eigenvalue weighted by atomic mass is 32.2. The van der Waals surface area contributed by atoms with E-state index < -0.39 is 16.1 Å². The van der Waals surface area contributed by atoms with Crippen molar-refractivity contribution in [2.45, 2.75) is 43.8 Å². The Morgan fingerprint density at radius 3 is 2.00 bits per heavy atom. The van der Waals surface area contributed by atoms with Crippen LogP contribution in [0.1, 0.15) is 41.6 Å². The molecular weight excluding hydrogens is 562 g/mol. The van der Waals surface area contributed by atoms with Gasteiger partial charge < -0.3 is 15.0 Å². The van der Waals surface area contributed by atoms with E-state index in [1.807, 2.05) is 84.9 Å². The lowest BCUT2D eigenvalue weighted by molar-refractivity contribution is -0.141. The maximum Gasteiger partial charge on any atom is 0.247 e. The van der Waals surface area contributed by atoms with Crippen LogP contribution in [0, 0.1) is 0 Å². The van der Waals surface area contributed by atoms with Gasteiger partial charge in [-0.25, -0.2) is 13.1 Å². The maximum absolute atomic E-state index is 14.0. The third-order valence-electron chi connectivity index (χ3n) is 7.01. The first-order valence-electron chi connectivity index (χ1n) is 14.2. The Hall–Kier alpha value is -4.47. The van der Waals surface area contributed by atoms with Crippen LogP contribution in [0.2, 0.25) is 0 Å². The smallest absolute Gasteiger partial charge is 0.247 e. The number of hydrogen-bond acceptors (Lipinski definition) is 5. The molecule has 43 heavy (non-hydrogen) atoms. The molecular formula is C34H37N3O5S. The zero-order valence-corrected chi connectivity index (χ0v) is 25.2. The van der Waals surface area contributed by atoms with Crippen LogP contribution < -0.4 is 14.8 Å². The van der Waals surface area contributed by atoms with Crippen LogP contribution in [-0.4, -0.2) is 38.8 Å². The van der Waals surface area contributed by atoms with Gasteiger partial charge in [-0.2, -0.15) is 0 Å². The summed E-state index contributed by atoms with van der Waals surface area (Å²) >= 11 is 0. The molecule has 4 rings (SSSR count). The van der Waals surface area contributed by atoms with Gasteiger partial charge in [-0.15, -0.1) is 0 Å². The van der Waals surface area contributed by atoms with Crippen LogP contribution >= 0.6 is 0 Å². The number of nitrogens with one attached hydrogen (secondary N) is 2. The van der Waals surface area contributed by atoms with E-state index in [0.717, 1.165) is 16.7 Å². The van der Waals surface area contributed by atoms with Crippen LogP contribution in [0.25, 0.3) is 0 Å². The molecule has 0 saturated heterocycles. The molecule has 0 radical (unpaired) electrons. The van der Waals surface area contributed by atoms with Gasteiger partial charge in [0.2, 0.25) is 21.8 Å². The number of sulfonamides is 1. The summed E-state index contributed by atoms with van der Waals surface area (Å²) in [7, 11) is -1.97. The Morgan fingerprint density at radius 2 is 1.40 bits per heavy atom. The molecule has 0 fully saturated rings. The minimum absolute atomic E-state index is 0.130. The molecule has 4 aromatic rings. The second-order valence-electron chi connectivity index (χ2n) is 10.0. The number of rotatable bonds is 14. The summed E-state index contributed by atoms with van der Waals surface area (Å²) in [5, 5.41) is 3.03. The number of ether oxygens (including phenoxy) is 1. The molecule has 9 heteroatoms. The molecule has 224 valence electrons. The standard InChI is InChI=1S/C34H37N3O5S/c1-3-36-43(40,41)31-21-16-26(17-22-31)18-23-32(38)37(25-28-14-19-30(42-2)20-15-28)33(29-12-8-5-9-13-29)34(39)35-24-27-10-6-4-7-11-27/h4-17,19-22,33,36H,3,18,23-25H2,1-2H3,(H,35,39)/t33-/m0/s1. The van der Waals surface area contributed by atoms with E-state index >= 15 is 0 Å². The highest BCUT2D eigenvalue weighted by molar-refractivity contribution is 7.89. The minimum atomic E-state index is -3.57. The molecule has 0 unspecified atom stereocenters. The third kappa shape index (κ3) is 8.76. The molecule has 1 atom stereocenters. The Kier molecular flexibility index (Phi) is 11.1. The number of nitrogens with zero attached hydrogens (tertiary/aromatic N) is 1. The number of aryl methyl sites for hydroxylation is 1. The summed E-state index contributed by atoms with van der Waals surface area (Å²) in [6, 6.07) is 32.0. The second kappa shape index (κ2) is 15.1. The fourth-order valence-corrected chi connectivity index (χ4v) is 5.79. The molecule has 0 bridgehead atoms. The normalized spacial score (nSPS) is 11.9. The van der Waals surface area contributed by atoms with Crippen molar-refractivity contribution >= 4 is 21.8 Å².